The fraction of sp³-hybridized carbons (Fsp3) is 0.200. The van der Waals surface area contributed by atoms with Crippen LogP contribution in [-0.2, 0) is 0 Å². The van der Waals surface area contributed by atoms with E-state index in [0.717, 1.165) is 11.4 Å². The SMILES string of the molecule is COc1ccccc1Nc1ncnc(Nc2ccc(C(C)C)cc2)c1N. The van der Waals surface area contributed by atoms with Gasteiger partial charge in [-0.05, 0) is 35.7 Å². The van der Waals surface area contributed by atoms with Crippen molar-refractivity contribution in [3.8, 4) is 5.75 Å². The Balaban J connectivity index is 1.83. The first-order valence-corrected chi connectivity index (χ1v) is 8.46. The highest BCUT2D eigenvalue weighted by Gasteiger charge is 2.11. The summed E-state index contributed by atoms with van der Waals surface area (Å²) < 4.78 is 5.35. The predicted molar refractivity (Wildman–Crippen MR) is 107 cm³/mol. The molecular weight excluding hydrogens is 326 g/mol. The molecule has 0 aliphatic carbocycles. The Labute approximate surface area is 153 Å². The van der Waals surface area contributed by atoms with Gasteiger partial charge in [0.05, 0.1) is 12.8 Å². The highest BCUT2D eigenvalue weighted by molar-refractivity contribution is 5.81. The van der Waals surface area contributed by atoms with Gasteiger partial charge in [-0.3, -0.25) is 0 Å². The van der Waals surface area contributed by atoms with E-state index in [1.807, 2.05) is 36.4 Å². The van der Waals surface area contributed by atoms with Crippen LogP contribution in [0.1, 0.15) is 25.3 Å². The second-order valence-electron chi connectivity index (χ2n) is 6.21. The molecule has 0 fully saturated rings. The van der Waals surface area contributed by atoms with E-state index < -0.39 is 0 Å². The van der Waals surface area contributed by atoms with Gasteiger partial charge in [0.2, 0.25) is 0 Å². The molecule has 4 N–H and O–H groups in total. The normalized spacial score (nSPS) is 10.6. The fourth-order valence-corrected chi connectivity index (χ4v) is 2.56. The number of anilines is 5. The molecule has 3 aromatic rings. The van der Waals surface area contributed by atoms with Crippen LogP contribution in [0.3, 0.4) is 0 Å². The molecule has 0 aliphatic rings. The number of nitrogens with two attached hydrogens (primary N) is 1. The summed E-state index contributed by atoms with van der Waals surface area (Å²) in [5, 5.41) is 6.45. The Bertz CT molecular complexity index is 878. The molecule has 1 heterocycles. The molecule has 0 amide bonds. The van der Waals surface area contributed by atoms with Crippen LogP contribution in [0.15, 0.2) is 54.9 Å². The second kappa shape index (κ2) is 7.74. The first-order chi connectivity index (χ1) is 12.6. The molecule has 0 saturated carbocycles. The van der Waals surface area contributed by atoms with Crippen molar-refractivity contribution in [2.75, 3.05) is 23.5 Å². The molecule has 2 aromatic carbocycles. The molecule has 0 unspecified atom stereocenters. The number of nitrogen functional groups attached to an aromatic ring is 1. The van der Waals surface area contributed by atoms with Gasteiger partial charge in [0.25, 0.3) is 0 Å². The summed E-state index contributed by atoms with van der Waals surface area (Å²) in [5.41, 5.74) is 9.68. The maximum atomic E-state index is 6.26. The van der Waals surface area contributed by atoms with Crippen molar-refractivity contribution in [3.05, 3.63) is 60.4 Å². The minimum Gasteiger partial charge on any atom is -0.495 e. The molecule has 1 aromatic heterocycles. The summed E-state index contributed by atoms with van der Waals surface area (Å²) in [6.45, 7) is 4.33. The Kier molecular flexibility index (Phi) is 5.22. The van der Waals surface area contributed by atoms with Crippen LogP contribution in [0.2, 0.25) is 0 Å². The first-order valence-electron chi connectivity index (χ1n) is 8.46. The van der Waals surface area contributed by atoms with Crippen LogP contribution in [0.4, 0.5) is 28.7 Å². The number of methoxy groups -OCH3 is 1. The molecule has 26 heavy (non-hydrogen) atoms. The molecule has 0 atom stereocenters. The van der Waals surface area contributed by atoms with E-state index in [1.165, 1.54) is 11.9 Å². The lowest BCUT2D eigenvalue weighted by molar-refractivity contribution is 0.417. The largest absolute Gasteiger partial charge is 0.495 e. The van der Waals surface area contributed by atoms with E-state index in [-0.39, 0.29) is 0 Å². The fourth-order valence-electron chi connectivity index (χ4n) is 2.56. The number of rotatable bonds is 6. The molecule has 0 spiro atoms. The van der Waals surface area contributed by atoms with Crippen molar-refractivity contribution in [2.24, 2.45) is 0 Å². The summed E-state index contributed by atoms with van der Waals surface area (Å²) in [4.78, 5) is 8.50. The average Bonchev–Trinajstić information content (AvgIpc) is 2.66. The van der Waals surface area contributed by atoms with Gasteiger partial charge in [0.15, 0.2) is 11.6 Å². The van der Waals surface area contributed by atoms with Crippen molar-refractivity contribution in [1.29, 1.82) is 0 Å². The number of hydrogen-bond donors (Lipinski definition) is 3. The van der Waals surface area contributed by atoms with Gasteiger partial charge < -0.3 is 21.1 Å². The molecular formula is C20H23N5O. The van der Waals surface area contributed by atoms with E-state index in [1.54, 1.807) is 7.11 Å². The molecule has 3 rings (SSSR count). The number of para-hydroxylation sites is 2. The number of hydrogen-bond acceptors (Lipinski definition) is 6. The maximum Gasteiger partial charge on any atom is 0.159 e. The van der Waals surface area contributed by atoms with Gasteiger partial charge in [-0.2, -0.15) is 0 Å². The van der Waals surface area contributed by atoms with Crippen molar-refractivity contribution in [2.45, 2.75) is 19.8 Å². The lowest BCUT2D eigenvalue weighted by atomic mass is 10.0. The van der Waals surface area contributed by atoms with Crippen LogP contribution < -0.4 is 21.1 Å². The Hall–Kier alpha value is -3.28. The summed E-state index contributed by atoms with van der Waals surface area (Å²) in [7, 11) is 1.62. The van der Waals surface area contributed by atoms with Gasteiger partial charge in [-0.25, -0.2) is 9.97 Å². The third-order valence-corrected chi connectivity index (χ3v) is 4.08. The Morgan fingerprint density at radius 3 is 2.23 bits per heavy atom. The second-order valence-corrected chi connectivity index (χ2v) is 6.21. The molecule has 6 nitrogen and oxygen atoms in total. The zero-order valence-corrected chi connectivity index (χ0v) is 15.2. The summed E-state index contributed by atoms with van der Waals surface area (Å²) >= 11 is 0. The molecule has 0 saturated heterocycles. The van der Waals surface area contributed by atoms with Crippen molar-refractivity contribution in [1.82, 2.24) is 9.97 Å². The Morgan fingerprint density at radius 1 is 0.923 bits per heavy atom. The number of ether oxygens (including phenoxy) is 1. The van der Waals surface area contributed by atoms with Gasteiger partial charge in [0.1, 0.15) is 17.8 Å². The van der Waals surface area contributed by atoms with E-state index in [0.29, 0.717) is 29.0 Å². The van der Waals surface area contributed by atoms with Gasteiger partial charge in [0, 0.05) is 5.69 Å². The zero-order valence-electron chi connectivity index (χ0n) is 15.2. The Morgan fingerprint density at radius 2 is 1.58 bits per heavy atom. The molecule has 0 aliphatic heterocycles. The van der Waals surface area contributed by atoms with Crippen LogP contribution in [0, 0.1) is 0 Å². The van der Waals surface area contributed by atoms with E-state index in [2.05, 4.69) is 46.6 Å². The summed E-state index contributed by atoms with van der Waals surface area (Å²) in [6, 6.07) is 15.8. The third-order valence-electron chi connectivity index (χ3n) is 4.08. The van der Waals surface area contributed by atoms with Crippen molar-refractivity contribution in [3.63, 3.8) is 0 Å². The van der Waals surface area contributed by atoms with Gasteiger partial charge in [-0.15, -0.1) is 0 Å². The van der Waals surface area contributed by atoms with Crippen LogP contribution in [-0.4, -0.2) is 17.1 Å². The number of nitrogens with one attached hydrogen (secondary N) is 2. The van der Waals surface area contributed by atoms with Gasteiger partial charge >= 0.3 is 0 Å². The van der Waals surface area contributed by atoms with E-state index >= 15 is 0 Å². The highest BCUT2D eigenvalue weighted by atomic mass is 16.5. The van der Waals surface area contributed by atoms with Crippen LogP contribution in [0.25, 0.3) is 0 Å². The standard InChI is InChI=1S/C20H23N5O/c1-13(2)14-8-10-15(11-9-14)24-19-18(21)20(23-12-22-19)25-16-6-4-5-7-17(16)26-3/h4-13H,21H2,1-3H3,(H2,22,23,24,25). The maximum absolute atomic E-state index is 6.26. The smallest absolute Gasteiger partial charge is 0.159 e. The topological polar surface area (TPSA) is 85.1 Å². The quantitative estimate of drug-likeness (QED) is 0.599. The van der Waals surface area contributed by atoms with Crippen LogP contribution in [0.5, 0.6) is 5.75 Å². The minimum absolute atomic E-state index is 0.436. The molecule has 134 valence electrons. The van der Waals surface area contributed by atoms with Crippen molar-refractivity contribution >= 4 is 28.7 Å². The first kappa shape index (κ1) is 17.5. The third kappa shape index (κ3) is 3.85. The highest BCUT2D eigenvalue weighted by Crippen LogP contribution is 2.32. The lowest BCUT2D eigenvalue weighted by Crippen LogP contribution is -2.05. The molecule has 6 heteroatoms. The monoisotopic (exact) mass is 349 g/mol. The van der Waals surface area contributed by atoms with Crippen molar-refractivity contribution < 1.29 is 4.74 Å². The average molecular weight is 349 g/mol. The predicted octanol–water partition coefficient (Wildman–Crippen LogP) is 4.68. The van der Waals surface area contributed by atoms with E-state index in [4.69, 9.17) is 10.5 Å². The molecule has 0 bridgehead atoms. The van der Waals surface area contributed by atoms with Gasteiger partial charge in [-0.1, -0.05) is 38.1 Å². The summed E-state index contributed by atoms with van der Waals surface area (Å²) in [5.74, 6) is 2.27. The minimum atomic E-state index is 0.436. The van der Waals surface area contributed by atoms with Crippen LogP contribution >= 0.6 is 0 Å². The number of aromatic nitrogens is 2. The van der Waals surface area contributed by atoms with E-state index in [9.17, 15) is 0 Å². The number of nitrogens with zero attached hydrogens (tertiary/aromatic N) is 2. The lowest BCUT2D eigenvalue weighted by Gasteiger charge is -2.14. The zero-order chi connectivity index (χ0) is 18.5. The molecule has 0 radical (unpaired) electrons. The summed E-state index contributed by atoms with van der Waals surface area (Å²) in [6.07, 6.45) is 1.47. The number of benzene rings is 2.